The minimum Gasteiger partial charge on any atom is -0.508 e. The first-order chi connectivity index (χ1) is 14.0. The fraction of sp³-hybridized carbons (Fsp3) is 0.208. The molecule has 5 heteroatoms. The first kappa shape index (κ1) is 17.6. The third-order valence-electron chi connectivity index (χ3n) is 5.78. The van der Waals surface area contributed by atoms with E-state index in [-0.39, 0.29) is 18.4 Å². The van der Waals surface area contributed by atoms with Crippen LogP contribution in [0.5, 0.6) is 17.2 Å². The highest BCUT2D eigenvalue weighted by Crippen LogP contribution is 2.51. The number of benzene rings is 3. The number of aromatic hydroxyl groups is 1. The number of anilines is 1. The van der Waals surface area contributed by atoms with E-state index in [2.05, 4.69) is 5.32 Å². The number of phenols is 1. The van der Waals surface area contributed by atoms with E-state index in [0.29, 0.717) is 5.75 Å². The minimum absolute atomic E-state index is 0.00289. The van der Waals surface area contributed by atoms with Gasteiger partial charge < -0.3 is 19.9 Å². The van der Waals surface area contributed by atoms with Crippen molar-refractivity contribution in [3.8, 4) is 28.4 Å². The standard InChI is InChI=1S/C24H21NO4/c1-15-2-6-18(13-20(15)16-3-7-19(26)8-4-16)25-23(27)24(10-11-24)17-5-9-21-22(12-17)29-14-28-21/h2-9,12-13,26H,10-11,14H2,1H3,(H,25,27). The lowest BCUT2D eigenvalue weighted by Crippen LogP contribution is -2.27. The Hall–Kier alpha value is -3.47. The molecule has 0 atom stereocenters. The van der Waals surface area contributed by atoms with E-state index in [9.17, 15) is 9.90 Å². The van der Waals surface area contributed by atoms with Gasteiger partial charge >= 0.3 is 0 Å². The predicted octanol–water partition coefficient (Wildman–Crippen LogP) is 4.77. The van der Waals surface area contributed by atoms with Crippen molar-refractivity contribution in [3.05, 3.63) is 71.8 Å². The summed E-state index contributed by atoms with van der Waals surface area (Å²) in [5.74, 6) is 1.65. The Bertz CT molecular complexity index is 1100. The van der Waals surface area contributed by atoms with Crippen molar-refractivity contribution < 1.29 is 19.4 Å². The van der Waals surface area contributed by atoms with Crippen molar-refractivity contribution in [2.75, 3.05) is 12.1 Å². The summed E-state index contributed by atoms with van der Waals surface area (Å²) in [7, 11) is 0. The molecule has 1 saturated carbocycles. The van der Waals surface area contributed by atoms with Crippen LogP contribution in [0.2, 0.25) is 0 Å². The van der Waals surface area contributed by atoms with Crippen molar-refractivity contribution in [1.29, 1.82) is 0 Å². The lowest BCUT2D eigenvalue weighted by molar-refractivity contribution is -0.118. The SMILES string of the molecule is Cc1ccc(NC(=O)C2(c3ccc4c(c3)OCO4)CC2)cc1-c1ccc(O)cc1. The number of aryl methyl sites for hydroxylation is 1. The van der Waals surface area contributed by atoms with Gasteiger partial charge in [0.25, 0.3) is 0 Å². The number of rotatable bonds is 4. The molecule has 1 heterocycles. The van der Waals surface area contributed by atoms with Crippen molar-refractivity contribution >= 4 is 11.6 Å². The van der Waals surface area contributed by atoms with Gasteiger partial charge in [0.1, 0.15) is 5.75 Å². The minimum atomic E-state index is -0.509. The molecule has 1 aliphatic heterocycles. The largest absolute Gasteiger partial charge is 0.508 e. The van der Waals surface area contributed by atoms with Gasteiger partial charge in [-0.15, -0.1) is 0 Å². The van der Waals surface area contributed by atoms with Crippen LogP contribution in [0.4, 0.5) is 5.69 Å². The number of hydrogen-bond donors (Lipinski definition) is 2. The van der Waals surface area contributed by atoms with E-state index in [0.717, 1.165) is 46.5 Å². The van der Waals surface area contributed by atoms with E-state index < -0.39 is 5.41 Å². The average molecular weight is 387 g/mol. The van der Waals surface area contributed by atoms with Gasteiger partial charge in [-0.25, -0.2) is 0 Å². The molecular formula is C24H21NO4. The molecule has 3 aromatic carbocycles. The molecule has 3 aromatic rings. The van der Waals surface area contributed by atoms with Crippen LogP contribution in [0, 0.1) is 6.92 Å². The van der Waals surface area contributed by atoms with Crippen molar-refractivity contribution in [2.24, 2.45) is 0 Å². The number of carbonyl (C=O) groups is 1. The van der Waals surface area contributed by atoms with Crippen LogP contribution in [-0.4, -0.2) is 17.8 Å². The Kier molecular flexibility index (Phi) is 3.98. The second kappa shape index (κ2) is 6.55. The maximum atomic E-state index is 13.2. The zero-order chi connectivity index (χ0) is 20.0. The van der Waals surface area contributed by atoms with Crippen LogP contribution >= 0.6 is 0 Å². The van der Waals surface area contributed by atoms with Gasteiger partial charge in [-0.3, -0.25) is 4.79 Å². The Labute approximate surface area is 168 Å². The molecule has 0 spiro atoms. The molecular weight excluding hydrogens is 366 g/mol. The van der Waals surface area contributed by atoms with Gasteiger partial charge in [-0.1, -0.05) is 24.3 Å². The summed E-state index contributed by atoms with van der Waals surface area (Å²) in [6.07, 6.45) is 1.63. The van der Waals surface area contributed by atoms with Crippen LogP contribution in [0.15, 0.2) is 60.7 Å². The molecule has 1 amide bonds. The van der Waals surface area contributed by atoms with E-state index in [1.165, 1.54) is 0 Å². The van der Waals surface area contributed by atoms with Gasteiger partial charge in [-0.2, -0.15) is 0 Å². The monoisotopic (exact) mass is 387 g/mol. The molecule has 146 valence electrons. The summed E-state index contributed by atoms with van der Waals surface area (Å²) in [5, 5.41) is 12.6. The zero-order valence-electron chi connectivity index (χ0n) is 16.1. The number of carbonyl (C=O) groups excluding carboxylic acids is 1. The first-order valence-electron chi connectivity index (χ1n) is 9.67. The molecule has 1 aliphatic carbocycles. The second-order valence-corrected chi connectivity index (χ2v) is 7.68. The number of phenolic OH excluding ortho intramolecular Hbond substituents is 1. The summed E-state index contributed by atoms with van der Waals surface area (Å²) in [4.78, 5) is 13.2. The quantitative estimate of drug-likeness (QED) is 0.677. The Morgan fingerprint density at radius 3 is 2.48 bits per heavy atom. The molecule has 29 heavy (non-hydrogen) atoms. The van der Waals surface area contributed by atoms with Crippen molar-refractivity contribution in [1.82, 2.24) is 0 Å². The third kappa shape index (κ3) is 3.09. The highest BCUT2D eigenvalue weighted by atomic mass is 16.7. The Balaban J connectivity index is 1.41. The molecule has 2 aliphatic rings. The summed E-state index contributed by atoms with van der Waals surface area (Å²) in [6, 6.07) is 18.7. The van der Waals surface area contributed by atoms with Crippen LogP contribution in [0.25, 0.3) is 11.1 Å². The predicted molar refractivity (Wildman–Crippen MR) is 110 cm³/mol. The van der Waals surface area contributed by atoms with Crippen molar-refractivity contribution in [2.45, 2.75) is 25.2 Å². The molecule has 1 fully saturated rings. The zero-order valence-corrected chi connectivity index (χ0v) is 16.1. The molecule has 0 aromatic heterocycles. The number of nitrogens with one attached hydrogen (secondary N) is 1. The summed E-state index contributed by atoms with van der Waals surface area (Å²) < 4.78 is 10.9. The van der Waals surface area contributed by atoms with Gasteiger partial charge in [0.05, 0.1) is 5.41 Å². The summed E-state index contributed by atoms with van der Waals surface area (Å²) in [5.41, 5.74) is 4.33. The van der Waals surface area contributed by atoms with Crippen molar-refractivity contribution in [3.63, 3.8) is 0 Å². The smallest absolute Gasteiger partial charge is 0.235 e. The summed E-state index contributed by atoms with van der Waals surface area (Å²) in [6.45, 7) is 2.25. The average Bonchev–Trinajstić information content (AvgIpc) is 3.41. The van der Waals surface area contributed by atoms with E-state index >= 15 is 0 Å². The molecule has 0 bridgehead atoms. The topological polar surface area (TPSA) is 67.8 Å². The number of amides is 1. The Morgan fingerprint density at radius 1 is 0.966 bits per heavy atom. The van der Waals surface area contributed by atoms with Crippen LogP contribution in [-0.2, 0) is 10.2 Å². The lowest BCUT2D eigenvalue weighted by Gasteiger charge is -2.17. The first-order valence-corrected chi connectivity index (χ1v) is 9.67. The Morgan fingerprint density at radius 2 is 1.72 bits per heavy atom. The molecule has 0 unspecified atom stereocenters. The van der Waals surface area contributed by atoms with Crippen LogP contribution in [0.1, 0.15) is 24.0 Å². The van der Waals surface area contributed by atoms with Gasteiger partial charge in [0, 0.05) is 5.69 Å². The van der Waals surface area contributed by atoms with Gasteiger partial charge in [0.15, 0.2) is 11.5 Å². The van der Waals surface area contributed by atoms with E-state index in [1.807, 2.05) is 55.5 Å². The van der Waals surface area contributed by atoms with Crippen LogP contribution < -0.4 is 14.8 Å². The number of fused-ring (bicyclic) bond motifs is 1. The highest BCUT2D eigenvalue weighted by Gasteiger charge is 2.51. The van der Waals surface area contributed by atoms with E-state index in [4.69, 9.17) is 9.47 Å². The fourth-order valence-electron chi connectivity index (χ4n) is 3.87. The second-order valence-electron chi connectivity index (χ2n) is 7.68. The van der Waals surface area contributed by atoms with Gasteiger partial charge in [-0.05, 0) is 78.4 Å². The molecule has 0 saturated heterocycles. The fourth-order valence-corrected chi connectivity index (χ4v) is 3.87. The van der Waals surface area contributed by atoms with Crippen LogP contribution in [0.3, 0.4) is 0 Å². The maximum Gasteiger partial charge on any atom is 0.235 e. The highest BCUT2D eigenvalue weighted by molar-refractivity contribution is 6.02. The molecule has 0 radical (unpaired) electrons. The third-order valence-corrected chi connectivity index (χ3v) is 5.78. The molecule has 5 nitrogen and oxygen atoms in total. The number of hydrogen-bond acceptors (Lipinski definition) is 4. The van der Waals surface area contributed by atoms with E-state index in [1.54, 1.807) is 12.1 Å². The normalized spacial score (nSPS) is 15.8. The summed E-state index contributed by atoms with van der Waals surface area (Å²) >= 11 is 0. The van der Waals surface area contributed by atoms with Gasteiger partial charge in [0.2, 0.25) is 12.7 Å². The maximum absolute atomic E-state index is 13.2. The molecule has 2 N–H and O–H groups in total. The molecule has 5 rings (SSSR count). The number of ether oxygens (including phenoxy) is 2. The lowest BCUT2D eigenvalue weighted by atomic mass is 9.94.